The monoisotopic (exact) mass is 342 g/mol. The molecule has 120 valence electrons. The van der Waals surface area contributed by atoms with Gasteiger partial charge in [-0.2, -0.15) is 5.10 Å². The minimum absolute atomic E-state index is 0.0623. The van der Waals surface area contributed by atoms with Crippen molar-refractivity contribution in [3.8, 4) is 0 Å². The van der Waals surface area contributed by atoms with Crippen LogP contribution in [0.3, 0.4) is 0 Å². The van der Waals surface area contributed by atoms with Crippen molar-refractivity contribution in [2.45, 2.75) is 37.3 Å². The molecule has 0 aliphatic heterocycles. The molecule has 22 heavy (non-hydrogen) atoms. The first-order valence-electron chi connectivity index (χ1n) is 6.83. The van der Waals surface area contributed by atoms with Gasteiger partial charge >= 0.3 is 5.97 Å². The van der Waals surface area contributed by atoms with Gasteiger partial charge < -0.3 is 4.74 Å². The Morgan fingerprint density at radius 2 is 2.00 bits per heavy atom. The minimum Gasteiger partial charge on any atom is -0.466 e. The van der Waals surface area contributed by atoms with Crippen LogP contribution in [0.1, 0.15) is 27.2 Å². The zero-order valence-corrected chi connectivity index (χ0v) is 14.3. The van der Waals surface area contributed by atoms with Crippen LogP contribution in [-0.2, 0) is 14.3 Å². The number of hydrogen-bond acceptors (Lipinski definition) is 5. The zero-order chi connectivity index (χ0) is 16.5. The molecular weight excluding hydrogens is 324 g/mol. The Morgan fingerprint density at radius 3 is 2.59 bits per heavy atom. The molecule has 0 saturated carbocycles. The fraction of sp³-hybridized carbons (Fsp3) is 0.400. The van der Waals surface area contributed by atoms with Gasteiger partial charge in [-0.1, -0.05) is 11.6 Å². The third kappa shape index (κ3) is 6.95. The summed E-state index contributed by atoms with van der Waals surface area (Å²) in [4.78, 5) is 24.2. The highest BCUT2D eigenvalue weighted by Crippen LogP contribution is 2.24. The molecule has 1 amide bonds. The summed E-state index contributed by atoms with van der Waals surface area (Å²) in [5.41, 5.74) is 2.95. The van der Waals surface area contributed by atoms with E-state index in [-0.39, 0.29) is 23.5 Å². The second kappa shape index (κ2) is 9.48. The van der Waals surface area contributed by atoms with Gasteiger partial charge in [0.1, 0.15) is 0 Å². The zero-order valence-electron chi connectivity index (χ0n) is 12.8. The van der Waals surface area contributed by atoms with E-state index < -0.39 is 0 Å². The highest BCUT2D eigenvalue weighted by atomic mass is 35.5. The van der Waals surface area contributed by atoms with Crippen molar-refractivity contribution in [1.29, 1.82) is 0 Å². The molecular formula is C15H19ClN2O3S. The Balaban J connectivity index is 2.46. The number of halogens is 1. The highest BCUT2D eigenvalue weighted by molar-refractivity contribution is 8.00. The van der Waals surface area contributed by atoms with Crippen molar-refractivity contribution in [1.82, 2.24) is 5.43 Å². The van der Waals surface area contributed by atoms with Crippen LogP contribution in [0, 0.1) is 0 Å². The van der Waals surface area contributed by atoms with E-state index in [1.165, 1.54) is 11.8 Å². The van der Waals surface area contributed by atoms with Gasteiger partial charge in [0.25, 0.3) is 5.91 Å². The summed E-state index contributed by atoms with van der Waals surface area (Å²) in [5, 5.41) is 4.24. The predicted molar refractivity (Wildman–Crippen MR) is 89.3 cm³/mol. The number of hydrazone groups is 1. The SMILES string of the molecule is CCOC(=O)C/C(C)=N\NC(=O)[C@H](C)Sc1ccc(Cl)cc1. The smallest absolute Gasteiger partial charge is 0.311 e. The van der Waals surface area contributed by atoms with Crippen molar-refractivity contribution in [2.75, 3.05) is 6.61 Å². The van der Waals surface area contributed by atoms with Gasteiger partial charge in [-0.3, -0.25) is 9.59 Å². The summed E-state index contributed by atoms with van der Waals surface area (Å²) in [6, 6.07) is 7.25. The van der Waals surface area contributed by atoms with E-state index in [0.29, 0.717) is 17.3 Å². The number of benzene rings is 1. The lowest BCUT2D eigenvalue weighted by Gasteiger charge is -2.10. The van der Waals surface area contributed by atoms with Crippen LogP contribution in [-0.4, -0.2) is 29.4 Å². The summed E-state index contributed by atoms with van der Waals surface area (Å²) in [5.74, 6) is -0.593. The lowest BCUT2D eigenvalue weighted by atomic mass is 10.3. The molecule has 0 spiro atoms. The first-order chi connectivity index (χ1) is 10.4. The summed E-state index contributed by atoms with van der Waals surface area (Å²) in [6.07, 6.45) is 0.0623. The van der Waals surface area contributed by atoms with Crippen LogP contribution in [0.15, 0.2) is 34.3 Å². The molecule has 0 aromatic heterocycles. The summed E-state index contributed by atoms with van der Waals surface area (Å²) in [6.45, 7) is 5.51. The number of nitrogens with one attached hydrogen (secondary N) is 1. The van der Waals surface area contributed by atoms with E-state index in [0.717, 1.165) is 4.90 Å². The fourth-order valence-corrected chi connectivity index (χ4v) is 2.46. The Labute approximate surface area is 139 Å². The first kappa shape index (κ1) is 18.5. The molecule has 1 aromatic rings. The number of carbonyl (C=O) groups is 2. The molecule has 0 bridgehead atoms. The van der Waals surface area contributed by atoms with E-state index in [4.69, 9.17) is 16.3 Å². The molecule has 0 radical (unpaired) electrons. The predicted octanol–water partition coefficient (Wildman–Crippen LogP) is 3.27. The largest absolute Gasteiger partial charge is 0.466 e. The molecule has 7 heteroatoms. The van der Waals surface area contributed by atoms with Gasteiger partial charge in [0.15, 0.2) is 0 Å². The molecule has 1 aromatic carbocycles. The van der Waals surface area contributed by atoms with E-state index in [1.807, 2.05) is 12.1 Å². The van der Waals surface area contributed by atoms with Gasteiger partial charge in [0.05, 0.1) is 18.3 Å². The third-order valence-electron chi connectivity index (χ3n) is 2.56. The lowest BCUT2D eigenvalue weighted by molar-refractivity contribution is -0.141. The Kier molecular flexibility index (Phi) is 7.98. The fourth-order valence-electron chi connectivity index (χ4n) is 1.47. The molecule has 0 aliphatic rings. The van der Waals surface area contributed by atoms with Gasteiger partial charge in [0, 0.05) is 15.6 Å². The molecule has 5 nitrogen and oxygen atoms in total. The summed E-state index contributed by atoms with van der Waals surface area (Å²) in [7, 11) is 0. The minimum atomic E-state index is -0.360. The van der Waals surface area contributed by atoms with Crippen LogP contribution >= 0.6 is 23.4 Å². The average Bonchev–Trinajstić information content (AvgIpc) is 2.47. The average molecular weight is 343 g/mol. The normalized spacial score (nSPS) is 12.6. The van der Waals surface area contributed by atoms with Crippen molar-refractivity contribution in [2.24, 2.45) is 5.10 Å². The maximum Gasteiger partial charge on any atom is 0.311 e. The Morgan fingerprint density at radius 1 is 1.36 bits per heavy atom. The molecule has 1 atom stereocenters. The molecule has 0 aliphatic carbocycles. The van der Waals surface area contributed by atoms with E-state index in [9.17, 15) is 9.59 Å². The van der Waals surface area contributed by atoms with E-state index in [1.54, 1.807) is 32.9 Å². The van der Waals surface area contributed by atoms with Crippen molar-refractivity contribution in [3.05, 3.63) is 29.3 Å². The van der Waals surface area contributed by atoms with Crippen molar-refractivity contribution in [3.63, 3.8) is 0 Å². The van der Waals surface area contributed by atoms with E-state index >= 15 is 0 Å². The standard InChI is InChI=1S/C15H19ClN2O3S/c1-4-21-14(19)9-10(2)17-18-15(20)11(3)22-13-7-5-12(16)6-8-13/h5-8,11H,4,9H2,1-3H3,(H,18,20)/b17-10-/t11-/m0/s1. The maximum atomic E-state index is 11.9. The van der Waals surface area contributed by atoms with Crippen LogP contribution in [0.25, 0.3) is 0 Å². The van der Waals surface area contributed by atoms with Crippen LogP contribution in [0.5, 0.6) is 0 Å². The topological polar surface area (TPSA) is 67.8 Å². The highest BCUT2D eigenvalue weighted by Gasteiger charge is 2.14. The number of rotatable bonds is 7. The molecule has 0 fully saturated rings. The summed E-state index contributed by atoms with van der Waals surface area (Å²) < 4.78 is 4.81. The van der Waals surface area contributed by atoms with Gasteiger partial charge in [-0.15, -0.1) is 11.8 Å². The number of esters is 1. The number of thioether (sulfide) groups is 1. The molecule has 0 unspecified atom stereocenters. The second-order valence-electron chi connectivity index (χ2n) is 4.52. The first-order valence-corrected chi connectivity index (χ1v) is 8.09. The number of carbonyl (C=O) groups excluding carboxylic acids is 2. The van der Waals surface area contributed by atoms with Crippen LogP contribution in [0.4, 0.5) is 0 Å². The van der Waals surface area contributed by atoms with Crippen molar-refractivity contribution < 1.29 is 14.3 Å². The number of hydrogen-bond donors (Lipinski definition) is 1. The van der Waals surface area contributed by atoms with Gasteiger partial charge in [-0.05, 0) is 45.0 Å². The third-order valence-corrected chi connectivity index (χ3v) is 3.92. The number of amides is 1. The lowest BCUT2D eigenvalue weighted by Crippen LogP contribution is -2.28. The van der Waals surface area contributed by atoms with Gasteiger partial charge in [-0.25, -0.2) is 5.43 Å². The Hall–Kier alpha value is -1.53. The second-order valence-corrected chi connectivity index (χ2v) is 6.37. The van der Waals surface area contributed by atoms with Crippen molar-refractivity contribution >= 4 is 41.0 Å². The van der Waals surface area contributed by atoms with Gasteiger partial charge in [0.2, 0.25) is 0 Å². The van der Waals surface area contributed by atoms with Crippen LogP contribution in [0.2, 0.25) is 5.02 Å². The Bertz CT molecular complexity index is 546. The molecule has 0 heterocycles. The maximum absolute atomic E-state index is 11.9. The van der Waals surface area contributed by atoms with E-state index in [2.05, 4.69) is 10.5 Å². The molecule has 1 rings (SSSR count). The molecule has 1 N–H and O–H groups in total. The van der Waals surface area contributed by atoms with Crippen LogP contribution < -0.4 is 5.43 Å². The molecule has 0 saturated heterocycles. The quantitative estimate of drug-likeness (QED) is 0.357. The number of ether oxygens (including phenoxy) is 1. The number of nitrogens with zero attached hydrogens (tertiary/aromatic N) is 1. The summed E-state index contributed by atoms with van der Waals surface area (Å²) >= 11 is 7.22.